The number of hydrogen-bond acceptors (Lipinski definition) is 3. The smallest absolute Gasteiger partial charge is 0.160 e. The molecule has 2 atom stereocenters. The van der Waals surface area contributed by atoms with Gasteiger partial charge >= 0.3 is 0 Å². The molecule has 3 heteroatoms. The monoisotopic (exact) mass is 260 g/mol. The Morgan fingerprint density at radius 3 is 2.95 bits per heavy atom. The van der Waals surface area contributed by atoms with Crippen molar-refractivity contribution in [1.29, 1.82) is 0 Å². The van der Waals surface area contributed by atoms with Gasteiger partial charge in [-0.15, -0.1) is 0 Å². The van der Waals surface area contributed by atoms with Crippen molar-refractivity contribution < 1.29 is 14.3 Å². The van der Waals surface area contributed by atoms with Gasteiger partial charge in [-0.25, -0.2) is 0 Å². The van der Waals surface area contributed by atoms with E-state index in [0.29, 0.717) is 0 Å². The van der Waals surface area contributed by atoms with Crippen LogP contribution in [0.3, 0.4) is 0 Å². The van der Waals surface area contributed by atoms with Gasteiger partial charge in [0.05, 0.1) is 6.10 Å². The molecule has 1 aliphatic carbocycles. The van der Waals surface area contributed by atoms with E-state index in [1.807, 2.05) is 12.1 Å². The number of Topliss-reactive ketones (excluding diaryl/α,β-unsaturated/α-hetero) is 1. The first-order valence-electron chi connectivity index (χ1n) is 7.15. The molecule has 1 fully saturated rings. The third-order valence-electron chi connectivity index (χ3n) is 4.03. The zero-order valence-corrected chi connectivity index (χ0v) is 11.4. The molecule has 1 heterocycles. The Labute approximate surface area is 113 Å². The van der Waals surface area contributed by atoms with Gasteiger partial charge in [-0.3, -0.25) is 4.79 Å². The minimum absolute atomic E-state index is 0.0261. The second-order valence-corrected chi connectivity index (χ2v) is 5.39. The molecule has 3 rings (SSSR count). The Balaban J connectivity index is 1.82. The summed E-state index contributed by atoms with van der Waals surface area (Å²) in [6.07, 6.45) is 5.14. The summed E-state index contributed by atoms with van der Waals surface area (Å²) in [7, 11) is 0. The number of ether oxygens (including phenoxy) is 2. The van der Waals surface area contributed by atoms with Crippen LogP contribution in [0.4, 0.5) is 0 Å². The topological polar surface area (TPSA) is 35.5 Å². The van der Waals surface area contributed by atoms with Crippen LogP contribution in [0, 0.1) is 0 Å². The summed E-state index contributed by atoms with van der Waals surface area (Å²) in [5, 5.41) is 0. The van der Waals surface area contributed by atoms with Gasteiger partial charge in [0.15, 0.2) is 12.1 Å². The maximum atomic E-state index is 11.8. The predicted molar refractivity (Wildman–Crippen MR) is 72.2 cm³/mol. The first-order valence-corrected chi connectivity index (χ1v) is 7.15. The SMILES string of the molecule is CC(=O)c1cccc2c1C(OC1CCCCO1)CC2. The summed E-state index contributed by atoms with van der Waals surface area (Å²) in [5.74, 6) is 0.122. The number of aryl methyl sites for hydroxylation is 1. The average Bonchev–Trinajstić information content (AvgIpc) is 2.83. The van der Waals surface area contributed by atoms with Crippen molar-refractivity contribution in [1.82, 2.24) is 0 Å². The molecule has 0 amide bonds. The third-order valence-corrected chi connectivity index (χ3v) is 4.03. The van der Waals surface area contributed by atoms with E-state index in [1.54, 1.807) is 6.92 Å². The highest BCUT2D eigenvalue weighted by atomic mass is 16.7. The molecule has 1 aromatic rings. The van der Waals surface area contributed by atoms with Gasteiger partial charge in [-0.1, -0.05) is 18.2 Å². The molecule has 0 radical (unpaired) electrons. The molecule has 0 N–H and O–H groups in total. The molecule has 0 aromatic heterocycles. The number of hydrogen-bond donors (Lipinski definition) is 0. The number of ketones is 1. The molecule has 19 heavy (non-hydrogen) atoms. The fraction of sp³-hybridized carbons (Fsp3) is 0.562. The van der Waals surface area contributed by atoms with E-state index in [1.165, 1.54) is 12.0 Å². The molecule has 2 unspecified atom stereocenters. The molecular formula is C16H20O3. The van der Waals surface area contributed by atoms with Gasteiger partial charge in [0.2, 0.25) is 0 Å². The van der Waals surface area contributed by atoms with Crippen LogP contribution in [-0.2, 0) is 15.9 Å². The molecule has 2 aliphatic rings. The van der Waals surface area contributed by atoms with Crippen molar-refractivity contribution in [2.24, 2.45) is 0 Å². The fourth-order valence-electron chi connectivity index (χ4n) is 3.09. The third kappa shape index (κ3) is 2.58. The molecule has 1 saturated heterocycles. The second kappa shape index (κ2) is 5.43. The Hall–Kier alpha value is -1.19. The Morgan fingerprint density at radius 2 is 2.21 bits per heavy atom. The van der Waals surface area contributed by atoms with E-state index in [0.717, 1.165) is 43.4 Å². The van der Waals surface area contributed by atoms with Gasteiger partial charge < -0.3 is 9.47 Å². The molecule has 1 aliphatic heterocycles. The number of benzene rings is 1. The van der Waals surface area contributed by atoms with Crippen LogP contribution in [0.25, 0.3) is 0 Å². The van der Waals surface area contributed by atoms with E-state index < -0.39 is 0 Å². The van der Waals surface area contributed by atoms with Crippen molar-refractivity contribution in [2.45, 2.75) is 51.4 Å². The normalized spacial score (nSPS) is 26.2. The Morgan fingerprint density at radius 1 is 1.32 bits per heavy atom. The maximum absolute atomic E-state index is 11.8. The lowest BCUT2D eigenvalue weighted by Gasteiger charge is -2.26. The van der Waals surface area contributed by atoms with Crippen molar-refractivity contribution in [2.75, 3.05) is 6.61 Å². The standard InChI is InChI=1S/C16H20O3/c1-11(17)13-6-4-5-12-8-9-14(16(12)13)19-15-7-2-3-10-18-15/h4-6,14-15H,2-3,7-10H2,1H3. The quantitative estimate of drug-likeness (QED) is 0.781. The Bertz CT molecular complexity index is 475. The number of carbonyl (C=O) groups excluding carboxylic acids is 1. The van der Waals surface area contributed by atoms with Gasteiger partial charge in [0.25, 0.3) is 0 Å². The van der Waals surface area contributed by atoms with E-state index >= 15 is 0 Å². The maximum Gasteiger partial charge on any atom is 0.160 e. The Kier molecular flexibility index (Phi) is 3.67. The number of fused-ring (bicyclic) bond motifs is 1. The van der Waals surface area contributed by atoms with Crippen molar-refractivity contribution >= 4 is 5.78 Å². The summed E-state index contributed by atoms with van der Waals surface area (Å²) in [5.41, 5.74) is 3.17. The number of carbonyl (C=O) groups is 1. The highest BCUT2D eigenvalue weighted by Crippen LogP contribution is 2.38. The lowest BCUT2D eigenvalue weighted by Crippen LogP contribution is -2.24. The fourth-order valence-corrected chi connectivity index (χ4v) is 3.09. The first-order chi connectivity index (χ1) is 9.25. The largest absolute Gasteiger partial charge is 0.353 e. The second-order valence-electron chi connectivity index (χ2n) is 5.39. The predicted octanol–water partition coefficient (Wildman–Crippen LogP) is 3.42. The van der Waals surface area contributed by atoms with Gasteiger partial charge in [0.1, 0.15) is 0 Å². The molecule has 0 bridgehead atoms. The minimum atomic E-state index is -0.0929. The minimum Gasteiger partial charge on any atom is -0.353 e. The zero-order valence-electron chi connectivity index (χ0n) is 11.4. The molecule has 102 valence electrons. The molecule has 0 spiro atoms. The molecule has 0 saturated carbocycles. The van der Waals surface area contributed by atoms with E-state index in [2.05, 4.69) is 6.07 Å². The van der Waals surface area contributed by atoms with E-state index in [-0.39, 0.29) is 18.2 Å². The van der Waals surface area contributed by atoms with E-state index in [9.17, 15) is 4.79 Å². The highest BCUT2D eigenvalue weighted by Gasteiger charge is 2.30. The average molecular weight is 260 g/mol. The van der Waals surface area contributed by atoms with Crippen LogP contribution >= 0.6 is 0 Å². The summed E-state index contributed by atoms with van der Waals surface area (Å²) in [6.45, 7) is 2.42. The lowest BCUT2D eigenvalue weighted by atomic mass is 9.99. The van der Waals surface area contributed by atoms with Crippen molar-refractivity contribution in [3.8, 4) is 0 Å². The van der Waals surface area contributed by atoms with Crippen LogP contribution in [0.5, 0.6) is 0 Å². The summed E-state index contributed by atoms with van der Waals surface area (Å²) in [4.78, 5) is 11.8. The van der Waals surface area contributed by atoms with Crippen LogP contribution in [-0.4, -0.2) is 18.7 Å². The lowest BCUT2D eigenvalue weighted by molar-refractivity contribution is -0.189. The summed E-state index contributed by atoms with van der Waals surface area (Å²) in [6, 6.07) is 5.98. The van der Waals surface area contributed by atoms with Crippen molar-refractivity contribution in [3.63, 3.8) is 0 Å². The molecule has 3 nitrogen and oxygen atoms in total. The van der Waals surface area contributed by atoms with Gasteiger partial charge in [0, 0.05) is 12.2 Å². The highest BCUT2D eigenvalue weighted by molar-refractivity contribution is 5.96. The van der Waals surface area contributed by atoms with Gasteiger partial charge in [-0.05, 0) is 50.2 Å². The molecular weight excluding hydrogens is 240 g/mol. The van der Waals surface area contributed by atoms with Gasteiger partial charge in [-0.2, -0.15) is 0 Å². The number of rotatable bonds is 3. The van der Waals surface area contributed by atoms with Crippen molar-refractivity contribution in [3.05, 3.63) is 34.9 Å². The van der Waals surface area contributed by atoms with Crippen LogP contribution in [0.2, 0.25) is 0 Å². The summed E-state index contributed by atoms with van der Waals surface area (Å²) >= 11 is 0. The van der Waals surface area contributed by atoms with Crippen LogP contribution in [0.15, 0.2) is 18.2 Å². The van der Waals surface area contributed by atoms with Crippen LogP contribution in [0.1, 0.15) is 60.2 Å². The zero-order chi connectivity index (χ0) is 13.2. The molecule has 1 aromatic carbocycles. The summed E-state index contributed by atoms with van der Waals surface area (Å²) < 4.78 is 11.7. The van der Waals surface area contributed by atoms with Crippen LogP contribution < -0.4 is 0 Å². The van der Waals surface area contributed by atoms with E-state index in [4.69, 9.17) is 9.47 Å². The first kappa shape index (κ1) is 12.8.